The molecule has 0 amide bonds. The monoisotopic (exact) mass is 239 g/mol. The van der Waals surface area contributed by atoms with Crippen molar-refractivity contribution in [3.63, 3.8) is 0 Å². The predicted molar refractivity (Wildman–Crippen MR) is 56.6 cm³/mol. The Morgan fingerprint density at radius 3 is 2.29 bits per heavy atom. The summed E-state index contributed by atoms with van der Waals surface area (Å²) in [4.78, 5) is 0. The number of alkyl halides is 2. The third-order valence-electron chi connectivity index (χ3n) is 2.38. The first-order chi connectivity index (χ1) is 8.22. The summed E-state index contributed by atoms with van der Waals surface area (Å²) in [6.45, 7) is 0.217. The molecule has 0 aliphatic carbocycles. The Balaban J connectivity index is 2.29. The van der Waals surface area contributed by atoms with Gasteiger partial charge in [0.05, 0.1) is 5.92 Å². The third-order valence-corrected chi connectivity index (χ3v) is 2.38. The van der Waals surface area contributed by atoms with Gasteiger partial charge in [-0.05, 0) is 5.56 Å². The van der Waals surface area contributed by atoms with Crippen LogP contribution in [-0.2, 0) is 0 Å². The maximum atomic E-state index is 12.3. The third kappa shape index (κ3) is 2.47. The molecule has 4 nitrogen and oxygen atoms in total. The number of nitrogens with two attached hydrogens (primary N) is 1. The average molecular weight is 239 g/mol. The van der Waals surface area contributed by atoms with E-state index in [0.717, 1.165) is 5.56 Å². The van der Waals surface area contributed by atoms with E-state index in [1.165, 1.54) is 0 Å². The summed E-state index contributed by atoms with van der Waals surface area (Å²) in [7, 11) is 0. The molecule has 0 spiro atoms. The molecule has 2 aromatic rings. The van der Waals surface area contributed by atoms with E-state index in [0.29, 0.717) is 0 Å². The summed E-state index contributed by atoms with van der Waals surface area (Å²) in [5.41, 5.74) is 6.47. The van der Waals surface area contributed by atoms with Crippen molar-refractivity contribution in [2.45, 2.75) is 12.3 Å². The molecule has 0 aliphatic heterocycles. The molecule has 1 unspecified atom stereocenters. The molecular formula is C11H11F2N3O. The largest absolute Gasteiger partial charge is 0.419 e. The van der Waals surface area contributed by atoms with Gasteiger partial charge in [-0.1, -0.05) is 30.3 Å². The molecule has 17 heavy (non-hydrogen) atoms. The maximum absolute atomic E-state index is 12.3. The summed E-state index contributed by atoms with van der Waals surface area (Å²) < 4.78 is 29.5. The molecule has 0 fully saturated rings. The molecule has 1 aromatic carbocycles. The zero-order chi connectivity index (χ0) is 12.3. The van der Waals surface area contributed by atoms with Crippen molar-refractivity contribution in [2.75, 3.05) is 6.54 Å². The average Bonchev–Trinajstić information content (AvgIpc) is 2.81. The Morgan fingerprint density at radius 2 is 1.76 bits per heavy atom. The van der Waals surface area contributed by atoms with E-state index >= 15 is 0 Å². The van der Waals surface area contributed by atoms with Gasteiger partial charge in [-0.3, -0.25) is 0 Å². The van der Waals surface area contributed by atoms with Crippen molar-refractivity contribution in [1.29, 1.82) is 0 Å². The van der Waals surface area contributed by atoms with Crippen LogP contribution in [0.3, 0.4) is 0 Å². The van der Waals surface area contributed by atoms with Crippen LogP contribution in [0.25, 0.3) is 0 Å². The number of hydrogen-bond donors (Lipinski definition) is 1. The van der Waals surface area contributed by atoms with E-state index in [1.807, 2.05) is 30.3 Å². The first-order valence-corrected chi connectivity index (χ1v) is 5.09. The van der Waals surface area contributed by atoms with E-state index in [1.54, 1.807) is 0 Å². The molecule has 0 radical (unpaired) electrons. The van der Waals surface area contributed by atoms with E-state index in [4.69, 9.17) is 10.2 Å². The summed E-state index contributed by atoms with van der Waals surface area (Å²) in [5, 5.41) is 6.90. The Labute approximate surface area is 96.5 Å². The van der Waals surface area contributed by atoms with E-state index in [-0.39, 0.29) is 18.4 Å². The summed E-state index contributed by atoms with van der Waals surface area (Å²) in [6, 6.07) is 9.20. The van der Waals surface area contributed by atoms with Crippen molar-refractivity contribution in [3.05, 3.63) is 47.7 Å². The van der Waals surface area contributed by atoms with Gasteiger partial charge in [0.1, 0.15) is 0 Å². The highest BCUT2D eigenvalue weighted by molar-refractivity contribution is 5.24. The van der Waals surface area contributed by atoms with Gasteiger partial charge in [-0.15, -0.1) is 10.2 Å². The van der Waals surface area contributed by atoms with E-state index in [9.17, 15) is 8.78 Å². The second kappa shape index (κ2) is 5.01. The van der Waals surface area contributed by atoms with Gasteiger partial charge >= 0.3 is 6.43 Å². The molecule has 1 aromatic heterocycles. The van der Waals surface area contributed by atoms with Crippen LogP contribution in [0.1, 0.15) is 29.7 Å². The zero-order valence-electron chi connectivity index (χ0n) is 8.88. The number of aromatic nitrogens is 2. The molecule has 2 rings (SSSR count). The minimum absolute atomic E-state index is 0.119. The Morgan fingerprint density at radius 1 is 1.12 bits per heavy atom. The quantitative estimate of drug-likeness (QED) is 0.887. The highest BCUT2D eigenvalue weighted by atomic mass is 19.3. The van der Waals surface area contributed by atoms with Gasteiger partial charge in [-0.25, -0.2) is 0 Å². The van der Waals surface area contributed by atoms with Crippen LogP contribution in [-0.4, -0.2) is 16.7 Å². The normalized spacial score (nSPS) is 12.9. The summed E-state index contributed by atoms with van der Waals surface area (Å²) >= 11 is 0. The first kappa shape index (κ1) is 11.7. The molecule has 1 atom stereocenters. The SMILES string of the molecule is NCC(c1ccccc1)c1nnc(C(F)F)o1. The summed E-state index contributed by atoms with van der Waals surface area (Å²) in [6.07, 6.45) is -2.76. The highest BCUT2D eigenvalue weighted by Crippen LogP contribution is 2.25. The second-order valence-electron chi connectivity index (χ2n) is 3.48. The van der Waals surface area contributed by atoms with Crippen LogP contribution < -0.4 is 5.73 Å². The van der Waals surface area contributed by atoms with Gasteiger partial charge < -0.3 is 10.2 Å². The van der Waals surface area contributed by atoms with Crippen molar-refractivity contribution in [1.82, 2.24) is 10.2 Å². The minimum Gasteiger partial charge on any atom is -0.419 e. The molecule has 1 heterocycles. The fraction of sp³-hybridized carbons (Fsp3) is 0.273. The number of halogens is 2. The van der Waals surface area contributed by atoms with Crippen LogP contribution in [0.2, 0.25) is 0 Å². The topological polar surface area (TPSA) is 64.9 Å². The molecular weight excluding hydrogens is 228 g/mol. The molecule has 2 N–H and O–H groups in total. The number of rotatable bonds is 4. The van der Waals surface area contributed by atoms with Crippen molar-refractivity contribution >= 4 is 0 Å². The first-order valence-electron chi connectivity index (χ1n) is 5.09. The lowest BCUT2D eigenvalue weighted by Gasteiger charge is -2.09. The fourth-order valence-corrected chi connectivity index (χ4v) is 1.54. The highest BCUT2D eigenvalue weighted by Gasteiger charge is 2.22. The van der Waals surface area contributed by atoms with Crippen LogP contribution in [0.4, 0.5) is 8.78 Å². The number of hydrogen-bond acceptors (Lipinski definition) is 4. The minimum atomic E-state index is -2.76. The lowest BCUT2D eigenvalue weighted by molar-refractivity contribution is 0.113. The smallest absolute Gasteiger partial charge is 0.314 e. The van der Waals surface area contributed by atoms with Gasteiger partial charge in [0.2, 0.25) is 5.89 Å². The summed E-state index contributed by atoms with van der Waals surface area (Å²) in [5.74, 6) is -0.903. The van der Waals surface area contributed by atoms with Crippen LogP contribution >= 0.6 is 0 Å². The maximum Gasteiger partial charge on any atom is 0.314 e. The van der Waals surface area contributed by atoms with Gasteiger partial charge in [0.15, 0.2) is 0 Å². The molecule has 6 heteroatoms. The fourth-order valence-electron chi connectivity index (χ4n) is 1.54. The van der Waals surface area contributed by atoms with Crippen molar-refractivity contribution < 1.29 is 13.2 Å². The Hall–Kier alpha value is -1.82. The number of nitrogens with zero attached hydrogens (tertiary/aromatic N) is 2. The zero-order valence-corrected chi connectivity index (χ0v) is 8.88. The van der Waals surface area contributed by atoms with Crippen LogP contribution in [0.15, 0.2) is 34.7 Å². The molecule has 0 aliphatic rings. The lowest BCUT2D eigenvalue weighted by Crippen LogP contribution is -2.14. The van der Waals surface area contributed by atoms with E-state index < -0.39 is 12.3 Å². The standard InChI is InChI=1S/C11H11F2N3O/c12-9(13)11-16-15-10(17-11)8(6-14)7-4-2-1-3-5-7/h1-5,8-9H,6,14H2. The Kier molecular flexibility index (Phi) is 3.43. The van der Waals surface area contributed by atoms with Gasteiger partial charge in [0.25, 0.3) is 5.89 Å². The predicted octanol–water partition coefficient (Wildman–Crippen LogP) is 2.10. The number of benzene rings is 1. The lowest BCUT2D eigenvalue weighted by atomic mass is 9.99. The molecule has 90 valence electrons. The molecule has 0 saturated heterocycles. The molecule has 0 bridgehead atoms. The van der Waals surface area contributed by atoms with E-state index in [2.05, 4.69) is 10.2 Å². The second-order valence-corrected chi connectivity index (χ2v) is 3.48. The van der Waals surface area contributed by atoms with Crippen LogP contribution in [0.5, 0.6) is 0 Å². The van der Waals surface area contributed by atoms with Gasteiger partial charge in [-0.2, -0.15) is 8.78 Å². The van der Waals surface area contributed by atoms with Crippen molar-refractivity contribution in [2.24, 2.45) is 5.73 Å². The molecule has 0 saturated carbocycles. The Bertz CT molecular complexity index is 473. The van der Waals surface area contributed by atoms with Crippen molar-refractivity contribution in [3.8, 4) is 0 Å². The van der Waals surface area contributed by atoms with Crippen LogP contribution in [0, 0.1) is 0 Å². The van der Waals surface area contributed by atoms with Gasteiger partial charge in [0, 0.05) is 6.54 Å².